The Labute approximate surface area is 171 Å². The van der Waals surface area contributed by atoms with E-state index >= 15 is 0 Å². The molecule has 0 aliphatic heterocycles. The molecule has 3 aromatic rings. The quantitative estimate of drug-likeness (QED) is 0.333. The Morgan fingerprint density at radius 1 is 1.30 bits per heavy atom. The van der Waals surface area contributed by atoms with Crippen molar-refractivity contribution in [3.8, 4) is 5.75 Å². The lowest BCUT2D eigenvalue weighted by Gasteiger charge is -2.06. The molecule has 0 radical (unpaired) electrons. The van der Waals surface area contributed by atoms with Gasteiger partial charge in [-0.05, 0) is 12.1 Å². The molecule has 0 atom stereocenters. The van der Waals surface area contributed by atoms with Crippen molar-refractivity contribution < 1.29 is 19.2 Å². The number of aromatic nitrogens is 1. The number of non-ortho nitro benzene ring substituents is 1. The zero-order chi connectivity index (χ0) is 21.7. The van der Waals surface area contributed by atoms with Crippen LogP contribution in [-0.2, 0) is 11.3 Å². The van der Waals surface area contributed by atoms with Gasteiger partial charge in [0.25, 0.3) is 11.6 Å². The van der Waals surface area contributed by atoms with E-state index in [1.807, 2.05) is 28.8 Å². The SMILES string of the molecule is COc1ccc([N+](=O)[O-])cc1C(=O)N/N=C\c1cn(CCC(N)=O)c2ccccc12. The van der Waals surface area contributed by atoms with Gasteiger partial charge >= 0.3 is 0 Å². The number of nitro groups is 1. The van der Waals surface area contributed by atoms with E-state index in [4.69, 9.17) is 10.5 Å². The second-order valence-corrected chi connectivity index (χ2v) is 6.35. The molecular formula is C20H19N5O5. The lowest BCUT2D eigenvalue weighted by Crippen LogP contribution is -2.18. The smallest absolute Gasteiger partial charge is 0.275 e. The van der Waals surface area contributed by atoms with Crippen LogP contribution in [0.15, 0.2) is 53.8 Å². The second kappa shape index (κ2) is 8.86. The van der Waals surface area contributed by atoms with Gasteiger partial charge in [0.2, 0.25) is 5.91 Å². The predicted octanol–water partition coefficient (Wildman–Crippen LogP) is 2.20. The predicted molar refractivity (Wildman–Crippen MR) is 110 cm³/mol. The number of aryl methyl sites for hydroxylation is 1. The minimum atomic E-state index is -0.649. The van der Waals surface area contributed by atoms with Crippen LogP contribution >= 0.6 is 0 Å². The van der Waals surface area contributed by atoms with E-state index in [1.54, 1.807) is 6.20 Å². The van der Waals surface area contributed by atoms with Gasteiger partial charge in [-0.1, -0.05) is 18.2 Å². The Morgan fingerprint density at radius 3 is 2.77 bits per heavy atom. The zero-order valence-corrected chi connectivity index (χ0v) is 16.1. The molecule has 0 spiro atoms. The number of para-hydroxylation sites is 1. The molecule has 0 unspecified atom stereocenters. The number of ether oxygens (including phenoxy) is 1. The molecule has 30 heavy (non-hydrogen) atoms. The second-order valence-electron chi connectivity index (χ2n) is 6.35. The summed E-state index contributed by atoms with van der Waals surface area (Å²) in [6.45, 7) is 0.418. The molecule has 10 nitrogen and oxygen atoms in total. The number of nitro benzene ring substituents is 1. The van der Waals surface area contributed by atoms with Crippen LogP contribution in [0.25, 0.3) is 10.9 Å². The third-order valence-corrected chi connectivity index (χ3v) is 4.43. The van der Waals surface area contributed by atoms with Crippen LogP contribution in [0.4, 0.5) is 5.69 Å². The number of fused-ring (bicyclic) bond motifs is 1. The molecule has 3 rings (SSSR count). The highest BCUT2D eigenvalue weighted by Crippen LogP contribution is 2.24. The third kappa shape index (κ3) is 4.43. The van der Waals surface area contributed by atoms with Crippen LogP contribution in [0, 0.1) is 10.1 Å². The van der Waals surface area contributed by atoms with Crippen molar-refractivity contribution in [2.45, 2.75) is 13.0 Å². The number of amides is 2. The summed E-state index contributed by atoms with van der Waals surface area (Å²) >= 11 is 0. The molecule has 2 aromatic carbocycles. The number of hydrazone groups is 1. The van der Waals surface area contributed by atoms with E-state index < -0.39 is 16.7 Å². The first kappa shape index (κ1) is 20.5. The Hall–Kier alpha value is -4.21. The first-order valence-corrected chi connectivity index (χ1v) is 8.92. The first-order chi connectivity index (χ1) is 14.4. The molecule has 0 aliphatic carbocycles. The number of carbonyl (C=O) groups excluding carboxylic acids is 2. The standard InChI is InChI=1S/C20H19N5O5/c1-30-18-7-6-14(25(28)29)10-16(18)20(27)23-22-11-13-12-24(9-8-19(21)26)17-5-3-2-4-15(13)17/h2-7,10-12H,8-9H2,1H3,(H2,21,26)(H,23,27)/b22-11-. The summed E-state index contributed by atoms with van der Waals surface area (Å²) < 4.78 is 6.98. The molecule has 0 aliphatic rings. The minimum absolute atomic E-state index is 0.00673. The first-order valence-electron chi connectivity index (χ1n) is 8.92. The average Bonchev–Trinajstić information content (AvgIpc) is 3.09. The van der Waals surface area contributed by atoms with E-state index in [0.29, 0.717) is 6.54 Å². The lowest BCUT2D eigenvalue weighted by molar-refractivity contribution is -0.384. The summed E-state index contributed by atoms with van der Waals surface area (Å²) in [5.74, 6) is -0.859. The number of hydrogen-bond acceptors (Lipinski definition) is 6. The van der Waals surface area contributed by atoms with Crippen molar-refractivity contribution in [1.29, 1.82) is 0 Å². The van der Waals surface area contributed by atoms with E-state index in [-0.39, 0.29) is 23.4 Å². The van der Waals surface area contributed by atoms with Gasteiger partial charge < -0.3 is 15.0 Å². The molecular weight excluding hydrogens is 390 g/mol. The number of nitrogens with one attached hydrogen (secondary N) is 1. The Balaban J connectivity index is 1.83. The van der Waals surface area contributed by atoms with Gasteiger partial charge in [-0.2, -0.15) is 5.10 Å². The van der Waals surface area contributed by atoms with Crippen molar-refractivity contribution >= 4 is 34.6 Å². The molecule has 0 bridgehead atoms. The van der Waals surface area contributed by atoms with Gasteiger partial charge in [0, 0.05) is 47.8 Å². The molecule has 0 fully saturated rings. The van der Waals surface area contributed by atoms with Gasteiger partial charge in [-0.3, -0.25) is 19.7 Å². The van der Waals surface area contributed by atoms with Gasteiger partial charge in [-0.15, -0.1) is 0 Å². The maximum Gasteiger partial charge on any atom is 0.275 e. The molecule has 1 aromatic heterocycles. The molecule has 154 valence electrons. The van der Waals surface area contributed by atoms with E-state index in [9.17, 15) is 19.7 Å². The van der Waals surface area contributed by atoms with Crippen molar-refractivity contribution in [3.63, 3.8) is 0 Å². The van der Waals surface area contributed by atoms with Gasteiger partial charge in [0.1, 0.15) is 5.75 Å². The summed E-state index contributed by atoms with van der Waals surface area (Å²) in [5, 5.41) is 15.8. The number of nitrogens with zero attached hydrogens (tertiary/aromatic N) is 3. The number of methoxy groups -OCH3 is 1. The average molecular weight is 409 g/mol. The molecule has 10 heteroatoms. The molecule has 0 saturated carbocycles. The van der Waals surface area contributed by atoms with Gasteiger partial charge in [-0.25, -0.2) is 5.43 Å². The summed E-state index contributed by atoms with van der Waals surface area (Å²) in [5.41, 5.74) is 8.97. The number of benzene rings is 2. The topological polar surface area (TPSA) is 142 Å². The summed E-state index contributed by atoms with van der Waals surface area (Å²) in [6, 6.07) is 11.3. The van der Waals surface area contributed by atoms with Crippen LogP contribution in [0.5, 0.6) is 5.75 Å². The number of nitrogens with two attached hydrogens (primary N) is 1. The van der Waals surface area contributed by atoms with Crippen LogP contribution in [0.1, 0.15) is 22.3 Å². The Kier molecular flexibility index (Phi) is 6.06. The minimum Gasteiger partial charge on any atom is -0.496 e. The summed E-state index contributed by atoms with van der Waals surface area (Å²) in [4.78, 5) is 33.9. The maximum atomic E-state index is 12.5. The highest BCUT2D eigenvalue weighted by molar-refractivity contribution is 6.01. The fourth-order valence-electron chi connectivity index (χ4n) is 3.00. The fourth-order valence-corrected chi connectivity index (χ4v) is 3.00. The van der Waals surface area contributed by atoms with Crippen LogP contribution < -0.4 is 15.9 Å². The lowest BCUT2D eigenvalue weighted by atomic mass is 10.1. The van der Waals surface area contributed by atoms with E-state index in [0.717, 1.165) is 22.5 Å². The van der Waals surface area contributed by atoms with Crippen molar-refractivity contribution in [3.05, 3.63) is 69.9 Å². The largest absolute Gasteiger partial charge is 0.496 e. The monoisotopic (exact) mass is 409 g/mol. The van der Waals surface area contributed by atoms with Crippen LogP contribution in [0.2, 0.25) is 0 Å². The van der Waals surface area contributed by atoms with Crippen LogP contribution in [-0.4, -0.2) is 34.6 Å². The van der Waals surface area contributed by atoms with Gasteiger partial charge in [0.05, 0.1) is 23.8 Å². The van der Waals surface area contributed by atoms with E-state index in [2.05, 4.69) is 10.5 Å². The van der Waals surface area contributed by atoms with Crippen molar-refractivity contribution in [1.82, 2.24) is 9.99 Å². The molecule has 2 amide bonds. The summed E-state index contributed by atoms with van der Waals surface area (Å²) in [7, 11) is 1.36. The molecule has 3 N–H and O–H groups in total. The third-order valence-electron chi connectivity index (χ3n) is 4.43. The van der Waals surface area contributed by atoms with Crippen molar-refractivity contribution in [2.75, 3.05) is 7.11 Å². The van der Waals surface area contributed by atoms with Gasteiger partial charge in [0.15, 0.2) is 0 Å². The zero-order valence-electron chi connectivity index (χ0n) is 16.1. The number of primary amides is 1. The normalized spacial score (nSPS) is 11.0. The maximum absolute atomic E-state index is 12.5. The highest BCUT2D eigenvalue weighted by atomic mass is 16.6. The molecule has 1 heterocycles. The Morgan fingerprint density at radius 2 is 2.07 bits per heavy atom. The highest BCUT2D eigenvalue weighted by Gasteiger charge is 2.17. The summed E-state index contributed by atoms with van der Waals surface area (Å²) in [6.07, 6.45) is 3.46. The number of hydrogen-bond donors (Lipinski definition) is 2. The molecule has 0 saturated heterocycles. The number of rotatable bonds is 8. The Bertz CT molecular complexity index is 1150. The van der Waals surface area contributed by atoms with E-state index in [1.165, 1.54) is 25.5 Å². The fraction of sp³-hybridized carbons (Fsp3) is 0.150. The number of carbonyl (C=O) groups is 2. The van der Waals surface area contributed by atoms with Crippen LogP contribution in [0.3, 0.4) is 0 Å². The van der Waals surface area contributed by atoms with Crippen molar-refractivity contribution in [2.24, 2.45) is 10.8 Å².